The number of amides is 2. The van der Waals surface area contributed by atoms with Gasteiger partial charge in [0.25, 0.3) is 5.91 Å². The van der Waals surface area contributed by atoms with Crippen LogP contribution in [-0.2, 0) is 11.2 Å². The third-order valence-electron chi connectivity index (χ3n) is 7.25. The molecule has 6 rings (SSSR count). The Hall–Kier alpha value is -4.94. The zero-order chi connectivity index (χ0) is 28.8. The van der Waals surface area contributed by atoms with Gasteiger partial charge in [0, 0.05) is 73.3 Å². The molecule has 2 aliphatic rings. The minimum atomic E-state index is -4.91. The van der Waals surface area contributed by atoms with Crippen LogP contribution >= 0.6 is 0 Å². The van der Waals surface area contributed by atoms with Crippen LogP contribution in [-0.4, -0.2) is 56.5 Å². The summed E-state index contributed by atoms with van der Waals surface area (Å²) < 4.78 is 50.6. The number of halogens is 3. The lowest BCUT2D eigenvalue weighted by Crippen LogP contribution is -2.52. The first-order valence-corrected chi connectivity index (χ1v) is 12.7. The lowest BCUT2D eigenvalue weighted by atomic mass is 9.86. The monoisotopic (exact) mass is 564 g/mol. The van der Waals surface area contributed by atoms with Crippen LogP contribution in [0.4, 0.5) is 24.7 Å². The molecule has 2 aliphatic heterocycles. The molecule has 10 nitrogen and oxygen atoms in total. The number of carbonyl (C=O) groups excluding carboxylic acids is 2. The van der Waals surface area contributed by atoms with Crippen molar-refractivity contribution in [2.45, 2.75) is 31.0 Å². The van der Waals surface area contributed by atoms with Gasteiger partial charge in [-0.1, -0.05) is 0 Å². The van der Waals surface area contributed by atoms with Crippen molar-refractivity contribution in [1.29, 1.82) is 0 Å². The highest BCUT2D eigenvalue weighted by molar-refractivity contribution is 6.05. The molecule has 0 atom stereocenters. The number of likely N-dealkylation sites (tertiary alicyclic amines) is 1. The molecule has 1 aromatic carbocycles. The van der Waals surface area contributed by atoms with Gasteiger partial charge in [0.1, 0.15) is 23.4 Å². The Balaban J connectivity index is 1.26. The van der Waals surface area contributed by atoms with Gasteiger partial charge >= 0.3 is 12.1 Å². The predicted molar refractivity (Wildman–Crippen MR) is 141 cm³/mol. The molecule has 13 heteroatoms. The molecule has 4 aromatic rings. The number of benzene rings is 1. The van der Waals surface area contributed by atoms with E-state index >= 15 is 0 Å². The average Bonchev–Trinajstić information content (AvgIpc) is 3.58. The third kappa shape index (κ3) is 5.17. The van der Waals surface area contributed by atoms with Crippen LogP contribution in [0.25, 0.3) is 22.6 Å². The van der Waals surface area contributed by atoms with Gasteiger partial charge in [-0.05, 0) is 42.0 Å². The van der Waals surface area contributed by atoms with Gasteiger partial charge in [-0.2, -0.15) is 13.2 Å². The van der Waals surface area contributed by atoms with E-state index in [0.717, 1.165) is 16.0 Å². The summed E-state index contributed by atoms with van der Waals surface area (Å²) in [5, 5.41) is 2.91. The Kier molecular flexibility index (Phi) is 6.36. The Labute approximate surface area is 231 Å². The fourth-order valence-electron chi connectivity index (χ4n) is 5.20. The molecular weight excluding hydrogens is 541 g/mol. The van der Waals surface area contributed by atoms with Crippen molar-refractivity contribution < 1.29 is 31.9 Å². The van der Waals surface area contributed by atoms with E-state index in [0.29, 0.717) is 29.0 Å². The highest BCUT2D eigenvalue weighted by atomic mass is 19.4. The molecule has 0 aliphatic carbocycles. The van der Waals surface area contributed by atoms with Crippen molar-refractivity contribution in [2.24, 2.45) is 0 Å². The van der Waals surface area contributed by atoms with Gasteiger partial charge in [-0.3, -0.25) is 14.6 Å². The SMILES string of the molecule is Nc1cc(-c2nc(C(=O)Nc3cc4c(cc3-c3ccncc3)OC3(CCN(C(=O)C(F)(F)F)CC3)C4)co2)ccn1. The van der Waals surface area contributed by atoms with Crippen LogP contribution in [0.3, 0.4) is 0 Å². The number of fused-ring (bicyclic) bond motifs is 1. The maximum Gasteiger partial charge on any atom is 0.471 e. The van der Waals surface area contributed by atoms with Gasteiger partial charge in [-0.25, -0.2) is 9.97 Å². The number of oxazole rings is 1. The van der Waals surface area contributed by atoms with E-state index in [-0.39, 0.29) is 43.3 Å². The predicted octanol–water partition coefficient (Wildman–Crippen LogP) is 4.49. The number of piperidine rings is 1. The van der Waals surface area contributed by atoms with E-state index in [1.165, 1.54) is 12.5 Å². The maximum absolute atomic E-state index is 13.2. The van der Waals surface area contributed by atoms with E-state index in [4.69, 9.17) is 14.9 Å². The number of rotatable bonds is 4. The Bertz CT molecular complexity index is 1630. The molecule has 3 aromatic heterocycles. The van der Waals surface area contributed by atoms with Crippen LogP contribution in [0.5, 0.6) is 5.75 Å². The highest BCUT2D eigenvalue weighted by Crippen LogP contribution is 2.45. The van der Waals surface area contributed by atoms with E-state index in [1.807, 2.05) is 0 Å². The van der Waals surface area contributed by atoms with E-state index < -0.39 is 23.6 Å². The van der Waals surface area contributed by atoms with Gasteiger partial charge in [-0.15, -0.1) is 0 Å². The number of hydrogen-bond acceptors (Lipinski definition) is 8. The van der Waals surface area contributed by atoms with E-state index in [2.05, 4.69) is 20.3 Å². The van der Waals surface area contributed by atoms with Crippen LogP contribution < -0.4 is 15.8 Å². The number of hydrogen-bond donors (Lipinski definition) is 2. The number of aromatic nitrogens is 3. The largest absolute Gasteiger partial charge is 0.486 e. The summed E-state index contributed by atoms with van der Waals surface area (Å²) in [6, 6.07) is 10.4. The second-order valence-electron chi connectivity index (χ2n) is 9.95. The Morgan fingerprint density at radius 2 is 1.76 bits per heavy atom. The lowest BCUT2D eigenvalue weighted by Gasteiger charge is -2.38. The number of alkyl halides is 3. The van der Waals surface area contributed by atoms with E-state index in [1.54, 1.807) is 48.8 Å². The minimum Gasteiger partial charge on any atom is -0.486 e. The zero-order valence-electron chi connectivity index (χ0n) is 21.4. The second-order valence-corrected chi connectivity index (χ2v) is 9.95. The molecule has 1 saturated heterocycles. The third-order valence-corrected chi connectivity index (χ3v) is 7.25. The number of carbonyl (C=O) groups is 2. The molecule has 1 fully saturated rings. The normalized spacial score (nSPS) is 15.8. The topological polar surface area (TPSA) is 136 Å². The van der Waals surface area contributed by atoms with Gasteiger partial charge < -0.3 is 25.1 Å². The molecule has 1 spiro atoms. The summed E-state index contributed by atoms with van der Waals surface area (Å²) >= 11 is 0. The number of nitrogens with one attached hydrogen (secondary N) is 1. The molecule has 41 heavy (non-hydrogen) atoms. The first kappa shape index (κ1) is 26.3. The fraction of sp³-hybridized carbons (Fsp3) is 0.250. The Morgan fingerprint density at radius 3 is 2.46 bits per heavy atom. The number of nitrogens with two attached hydrogens (primary N) is 1. The van der Waals surface area contributed by atoms with Crippen LogP contribution in [0, 0.1) is 0 Å². The summed E-state index contributed by atoms with van der Waals surface area (Å²) in [7, 11) is 0. The second kappa shape index (κ2) is 9.91. The first-order chi connectivity index (χ1) is 19.6. The van der Waals surface area contributed by atoms with E-state index in [9.17, 15) is 22.8 Å². The molecular formula is C28H23F3N6O4. The van der Waals surface area contributed by atoms with Crippen LogP contribution in [0.1, 0.15) is 28.9 Å². The van der Waals surface area contributed by atoms with Crippen molar-refractivity contribution in [3.05, 3.63) is 72.5 Å². The number of nitrogen functional groups attached to an aromatic ring is 1. The van der Waals surface area contributed by atoms with Gasteiger partial charge in [0.2, 0.25) is 5.89 Å². The van der Waals surface area contributed by atoms with Crippen molar-refractivity contribution in [1.82, 2.24) is 19.9 Å². The summed E-state index contributed by atoms with van der Waals surface area (Å²) in [4.78, 5) is 38.0. The Morgan fingerprint density at radius 1 is 1.02 bits per heavy atom. The first-order valence-electron chi connectivity index (χ1n) is 12.7. The summed E-state index contributed by atoms with van der Waals surface area (Å²) in [5.74, 6) is -1.28. The lowest BCUT2D eigenvalue weighted by molar-refractivity contribution is -0.188. The number of anilines is 2. The van der Waals surface area contributed by atoms with Gasteiger partial charge in [0.05, 0.1) is 0 Å². The molecule has 0 unspecified atom stereocenters. The molecule has 3 N–H and O–H groups in total. The molecule has 2 amide bonds. The fourth-order valence-corrected chi connectivity index (χ4v) is 5.20. The van der Waals surface area contributed by atoms with Gasteiger partial charge in [0.15, 0.2) is 5.69 Å². The molecule has 0 saturated carbocycles. The van der Waals surface area contributed by atoms with Crippen molar-refractivity contribution in [3.63, 3.8) is 0 Å². The summed E-state index contributed by atoms with van der Waals surface area (Å²) in [6.45, 7) is -0.129. The summed E-state index contributed by atoms with van der Waals surface area (Å²) in [5.41, 5.74) is 8.31. The van der Waals surface area contributed by atoms with Crippen LogP contribution in [0.15, 0.2) is 65.7 Å². The standard InChI is InChI=1S/C28H23F3N6O4/c29-28(30,31)26(39)37-9-4-27(5-10-37)14-18-11-20(19(13-22(18)41-27)16-1-6-33-7-2-16)35-24(38)21-15-40-25(36-21)17-3-8-34-23(32)12-17/h1-3,6-8,11-13,15H,4-5,9-10,14H2,(H2,32,34)(H,35,38). The smallest absolute Gasteiger partial charge is 0.471 e. The number of pyridine rings is 2. The van der Waals surface area contributed by atoms with Crippen molar-refractivity contribution in [3.8, 4) is 28.3 Å². The maximum atomic E-state index is 13.2. The number of nitrogens with zero attached hydrogens (tertiary/aromatic N) is 4. The number of ether oxygens (including phenoxy) is 1. The van der Waals surface area contributed by atoms with Crippen molar-refractivity contribution in [2.75, 3.05) is 24.1 Å². The molecule has 210 valence electrons. The molecule has 0 radical (unpaired) electrons. The highest BCUT2D eigenvalue weighted by Gasteiger charge is 2.48. The zero-order valence-corrected chi connectivity index (χ0v) is 21.4. The molecule has 0 bridgehead atoms. The summed E-state index contributed by atoms with van der Waals surface area (Å²) in [6.07, 6.45) is 2.00. The average molecular weight is 565 g/mol. The quantitative estimate of drug-likeness (QED) is 0.370. The molecule has 5 heterocycles. The minimum absolute atomic E-state index is 0.0472. The van der Waals surface area contributed by atoms with Crippen molar-refractivity contribution >= 4 is 23.3 Å². The van der Waals surface area contributed by atoms with Crippen LogP contribution in [0.2, 0.25) is 0 Å².